The molecule has 1 amide bonds. The van der Waals surface area contributed by atoms with Crippen molar-refractivity contribution in [3.63, 3.8) is 0 Å². The van der Waals surface area contributed by atoms with Crippen LogP contribution in [0.2, 0.25) is 0 Å². The third-order valence-electron chi connectivity index (χ3n) is 4.13. The van der Waals surface area contributed by atoms with E-state index in [1.807, 2.05) is 0 Å². The molecular weight excluding hydrogens is 352 g/mol. The van der Waals surface area contributed by atoms with E-state index in [-0.39, 0.29) is 5.76 Å². The van der Waals surface area contributed by atoms with Crippen LogP contribution in [0.4, 0.5) is 5.00 Å². The number of ether oxygens (including phenoxy) is 1. The summed E-state index contributed by atoms with van der Waals surface area (Å²) in [5.74, 6) is -1.79. The van der Waals surface area contributed by atoms with E-state index < -0.39 is 11.7 Å². The Morgan fingerprint density at radius 3 is 2.85 bits per heavy atom. The number of ketones is 1. The van der Waals surface area contributed by atoms with Crippen molar-refractivity contribution in [1.29, 1.82) is 5.26 Å². The fourth-order valence-corrected chi connectivity index (χ4v) is 4.13. The standard InChI is InChI=1S/C19H16N2O4S/c1-25-16-7-3-2-5-12(16)14(22)9-15(23)18(24)21-19-13(10-20)11-6-4-8-17(11)26-19/h2-3,5,7,9,22H,4,6,8H2,1H3,(H,21,24). The summed E-state index contributed by atoms with van der Waals surface area (Å²) in [6, 6.07) is 8.72. The predicted molar refractivity (Wildman–Crippen MR) is 98.3 cm³/mol. The smallest absolute Gasteiger partial charge is 0.296 e. The number of hydrogen-bond donors (Lipinski definition) is 2. The summed E-state index contributed by atoms with van der Waals surface area (Å²) in [6.07, 6.45) is 3.54. The van der Waals surface area contributed by atoms with Crippen molar-refractivity contribution in [3.05, 3.63) is 51.9 Å². The zero-order valence-corrected chi connectivity index (χ0v) is 14.9. The van der Waals surface area contributed by atoms with E-state index in [2.05, 4.69) is 11.4 Å². The van der Waals surface area contributed by atoms with Crippen LogP contribution < -0.4 is 10.1 Å². The number of aliphatic hydroxyl groups excluding tert-OH is 1. The van der Waals surface area contributed by atoms with E-state index in [0.717, 1.165) is 35.8 Å². The van der Waals surface area contributed by atoms with Gasteiger partial charge in [0.1, 0.15) is 22.6 Å². The molecule has 0 unspecified atom stereocenters. The van der Waals surface area contributed by atoms with Crippen molar-refractivity contribution < 1.29 is 19.4 Å². The second-order valence-corrected chi connectivity index (χ2v) is 6.83. The fourth-order valence-electron chi connectivity index (χ4n) is 2.90. The number of para-hydroxylation sites is 1. The second kappa shape index (κ2) is 7.42. The Balaban J connectivity index is 1.79. The van der Waals surface area contributed by atoms with Crippen LogP contribution in [0, 0.1) is 11.3 Å². The number of thiophene rings is 1. The minimum atomic E-state index is -0.911. The lowest BCUT2D eigenvalue weighted by molar-refractivity contribution is -0.131. The van der Waals surface area contributed by atoms with Crippen LogP contribution in [0.5, 0.6) is 5.75 Å². The second-order valence-electron chi connectivity index (χ2n) is 5.72. The van der Waals surface area contributed by atoms with Gasteiger partial charge in [-0.15, -0.1) is 11.3 Å². The zero-order chi connectivity index (χ0) is 18.7. The van der Waals surface area contributed by atoms with Gasteiger partial charge in [-0.1, -0.05) is 12.1 Å². The molecule has 0 saturated carbocycles. The first-order valence-electron chi connectivity index (χ1n) is 7.99. The van der Waals surface area contributed by atoms with E-state index in [0.29, 0.717) is 21.9 Å². The highest BCUT2D eigenvalue weighted by Gasteiger charge is 2.24. The quantitative estimate of drug-likeness (QED) is 0.479. The molecule has 0 saturated heterocycles. The summed E-state index contributed by atoms with van der Waals surface area (Å²) >= 11 is 1.33. The molecular formula is C19H16N2O4S. The lowest BCUT2D eigenvalue weighted by Crippen LogP contribution is -2.21. The Labute approximate surface area is 154 Å². The maximum Gasteiger partial charge on any atom is 0.296 e. The number of nitrogens with one attached hydrogen (secondary N) is 1. The SMILES string of the molecule is COc1ccccc1C(O)=CC(=O)C(=O)Nc1sc2c(c1C#N)CCC2. The maximum atomic E-state index is 12.2. The van der Waals surface area contributed by atoms with Crippen molar-refractivity contribution in [1.82, 2.24) is 0 Å². The van der Waals surface area contributed by atoms with Crippen molar-refractivity contribution >= 4 is 33.8 Å². The maximum absolute atomic E-state index is 12.2. The first-order chi connectivity index (χ1) is 12.5. The molecule has 7 heteroatoms. The Bertz CT molecular complexity index is 953. The molecule has 2 N–H and O–H groups in total. The first kappa shape index (κ1) is 17.7. The molecule has 0 fully saturated rings. The van der Waals surface area contributed by atoms with Crippen LogP contribution in [0.15, 0.2) is 30.3 Å². The highest BCUT2D eigenvalue weighted by molar-refractivity contribution is 7.16. The third kappa shape index (κ3) is 3.32. The topological polar surface area (TPSA) is 99.4 Å². The van der Waals surface area contributed by atoms with Gasteiger partial charge in [0.2, 0.25) is 5.78 Å². The summed E-state index contributed by atoms with van der Waals surface area (Å²) in [4.78, 5) is 25.4. The van der Waals surface area contributed by atoms with Gasteiger partial charge >= 0.3 is 0 Å². The van der Waals surface area contributed by atoms with E-state index >= 15 is 0 Å². The van der Waals surface area contributed by atoms with Crippen molar-refractivity contribution in [2.24, 2.45) is 0 Å². The molecule has 0 aliphatic heterocycles. The highest BCUT2D eigenvalue weighted by Crippen LogP contribution is 2.38. The summed E-state index contributed by atoms with van der Waals surface area (Å²) in [7, 11) is 1.44. The van der Waals surface area contributed by atoms with Gasteiger partial charge in [-0.05, 0) is 37.0 Å². The summed E-state index contributed by atoms with van der Waals surface area (Å²) in [5.41, 5.74) is 1.71. The minimum absolute atomic E-state index is 0.309. The Hall–Kier alpha value is -3.11. The number of nitriles is 1. The summed E-state index contributed by atoms with van der Waals surface area (Å²) in [6.45, 7) is 0. The van der Waals surface area contributed by atoms with Crippen LogP contribution in [0.25, 0.3) is 5.76 Å². The molecule has 1 aliphatic carbocycles. The molecule has 26 heavy (non-hydrogen) atoms. The monoisotopic (exact) mass is 368 g/mol. The zero-order valence-electron chi connectivity index (χ0n) is 14.0. The number of fused-ring (bicyclic) bond motifs is 1. The normalized spacial score (nSPS) is 13.0. The molecule has 1 aliphatic rings. The van der Waals surface area contributed by atoms with Crippen LogP contribution >= 0.6 is 11.3 Å². The molecule has 6 nitrogen and oxygen atoms in total. The van der Waals surface area contributed by atoms with E-state index in [1.165, 1.54) is 18.4 Å². The van der Waals surface area contributed by atoms with Crippen LogP contribution in [-0.4, -0.2) is 23.9 Å². The Kier molecular flexibility index (Phi) is 5.05. The number of nitrogens with zero attached hydrogens (tertiary/aromatic N) is 1. The number of methoxy groups -OCH3 is 1. The third-order valence-corrected chi connectivity index (χ3v) is 5.34. The van der Waals surface area contributed by atoms with Crippen molar-refractivity contribution in [3.8, 4) is 11.8 Å². The lowest BCUT2D eigenvalue weighted by Gasteiger charge is -2.07. The van der Waals surface area contributed by atoms with Gasteiger partial charge in [0.05, 0.1) is 18.2 Å². The number of aliphatic hydroxyl groups is 1. The van der Waals surface area contributed by atoms with Crippen LogP contribution in [-0.2, 0) is 22.4 Å². The van der Waals surface area contributed by atoms with Gasteiger partial charge in [-0.25, -0.2) is 0 Å². The molecule has 1 aromatic heterocycles. The minimum Gasteiger partial charge on any atom is -0.507 e. The number of carbonyl (C=O) groups excluding carboxylic acids is 2. The molecule has 0 atom stereocenters. The predicted octanol–water partition coefficient (Wildman–Crippen LogP) is 3.22. The number of benzene rings is 1. The molecule has 0 bridgehead atoms. The average molecular weight is 368 g/mol. The summed E-state index contributed by atoms with van der Waals surface area (Å²) in [5, 5.41) is 22.4. The van der Waals surface area contributed by atoms with E-state index in [1.54, 1.807) is 24.3 Å². The van der Waals surface area contributed by atoms with Crippen LogP contribution in [0.1, 0.15) is 28.0 Å². The first-order valence-corrected chi connectivity index (χ1v) is 8.80. The average Bonchev–Trinajstić information content (AvgIpc) is 3.21. The number of anilines is 1. The van der Waals surface area contributed by atoms with Crippen molar-refractivity contribution in [2.45, 2.75) is 19.3 Å². The van der Waals surface area contributed by atoms with Gasteiger partial charge < -0.3 is 15.2 Å². The number of aryl methyl sites for hydroxylation is 1. The molecule has 1 aromatic carbocycles. The van der Waals surface area contributed by atoms with Gasteiger partial charge in [-0.3, -0.25) is 9.59 Å². The number of carbonyl (C=O) groups is 2. The molecule has 1 heterocycles. The van der Waals surface area contributed by atoms with E-state index in [9.17, 15) is 20.0 Å². The lowest BCUT2D eigenvalue weighted by atomic mass is 10.1. The highest BCUT2D eigenvalue weighted by atomic mass is 32.1. The summed E-state index contributed by atoms with van der Waals surface area (Å²) < 4.78 is 5.12. The number of hydrogen-bond acceptors (Lipinski definition) is 6. The number of rotatable bonds is 5. The largest absolute Gasteiger partial charge is 0.507 e. The molecule has 132 valence electrons. The number of amides is 1. The fraction of sp³-hybridized carbons (Fsp3) is 0.211. The van der Waals surface area contributed by atoms with Gasteiger partial charge in [0, 0.05) is 11.0 Å². The van der Waals surface area contributed by atoms with Gasteiger partial charge in [-0.2, -0.15) is 5.26 Å². The van der Waals surface area contributed by atoms with Crippen molar-refractivity contribution in [2.75, 3.05) is 12.4 Å². The van der Waals surface area contributed by atoms with E-state index in [4.69, 9.17) is 4.74 Å². The van der Waals surface area contributed by atoms with Gasteiger partial charge in [0.15, 0.2) is 0 Å². The van der Waals surface area contributed by atoms with Gasteiger partial charge in [0.25, 0.3) is 5.91 Å². The molecule has 2 aromatic rings. The molecule has 0 radical (unpaired) electrons. The Morgan fingerprint density at radius 1 is 1.35 bits per heavy atom. The Morgan fingerprint density at radius 2 is 2.12 bits per heavy atom. The van der Waals surface area contributed by atoms with Crippen LogP contribution in [0.3, 0.4) is 0 Å². The molecule has 0 spiro atoms. The molecule has 3 rings (SSSR count).